The lowest BCUT2D eigenvalue weighted by atomic mass is 10.2. The highest BCUT2D eigenvalue weighted by molar-refractivity contribution is 5.79. The third kappa shape index (κ3) is 6.61. The monoisotopic (exact) mass is 402 g/mol. The van der Waals surface area contributed by atoms with Crippen LogP contribution in [0, 0.1) is 13.8 Å². The van der Waals surface area contributed by atoms with E-state index in [0.717, 1.165) is 81.9 Å². The van der Waals surface area contributed by atoms with Crippen molar-refractivity contribution in [2.24, 2.45) is 12.0 Å². The number of furan rings is 1. The van der Waals surface area contributed by atoms with Crippen LogP contribution in [0.5, 0.6) is 0 Å². The molecule has 0 saturated carbocycles. The Morgan fingerprint density at radius 3 is 2.69 bits per heavy atom. The average Bonchev–Trinajstić information content (AvgIpc) is 3.32. The van der Waals surface area contributed by atoms with Gasteiger partial charge in [0.05, 0.1) is 31.7 Å². The zero-order valence-electron chi connectivity index (χ0n) is 17.9. The molecular weight excluding hydrogens is 368 g/mol. The molecule has 3 heterocycles. The van der Waals surface area contributed by atoms with E-state index in [4.69, 9.17) is 14.1 Å². The predicted molar refractivity (Wildman–Crippen MR) is 114 cm³/mol. The Hall–Kier alpha value is -2.32. The van der Waals surface area contributed by atoms with E-state index in [9.17, 15) is 0 Å². The Balaban J connectivity index is 1.51. The van der Waals surface area contributed by atoms with Crippen molar-refractivity contribution in [3.8, 4) is 0 Å². The number of guanidine groups is 1. The van der Waals surface area contributed by atoms with Crippen molar-refractivity contribution < 1.29 is 9.15 Å². The van der Waals surface area contributed by atoms with E-state index in [-0.39, 0.29) is 0 Å². The summed E-state index contributed by atoms with van der Waals surface area (Å²) in [4.78, 5) is 7.26. The van der Waals surface area contributed by atoms with Crippen LogP contribution >= 0.6 is 0 Å². The largest absolute Gasteiger partial charge is 0.469 e. The number of aromatic nitrogens is 2. The maximum Gasteiger partial charge on any atom is 0.191 e. The molecule has 2 N–H and O–H groups in total. The van der Waals surface area contributed by atoms with Gasteiger partial charge in [0.25, 0.3) is 0 Å². The van der Waals surface area contributed by atoms with Gasteiger partial charge in [-0.15, -0.1) is 0 Å². The van der Waals surface area contributed by atoms with E-state index < -0.39 is 0 Å². The quantitative estimate of drug-likeness (QED) is 0.377. The summed E-state index contributed by atoms with van der Waals surface area (Å²) in [6, 6.07) is 3.92. The number of rotatable bonds is 9. The summed E-state index contributed by atoms with van der Waals surface area (Å²) in [7, 11) is 1.97. The normalized spacial score (nSPS) is 15.6. The van der Waals surface area contributed by atoms with Gasteiger partial charge in [-0.2, -0.15) is 5.10 Å². The van der Waals surface area contributed by atoms with Crippen LogP contribution in [0.3, 0.4) is 0 Å². The Bertz CT molecular complexity index is 762. The highest BCUT2D eigenvalue weighted by Crippen LogP contribution is 2.12. The lowest BCUT2D eigenvalue weighted by molar-refractivity contribution is 0.0376. The number of ether oxygens (including phenoxy) is 1. The van der Waals surface area contributed by atoms with Gasteiger partial charge in [0.2, 0.25) is 0 Å². The van der Waals surface area contributed by atoms with Crippen molar-refractivity contribution >= 4 is 5.96 Å². The van der Waals surface area contributed by atoms with Crippen molar-refractivity contribution in [1.29, 1.82) is 0 Å². The van der Waals surface area contributed by atoms with Crippen LogP contribution in [0.2, 0.25) is 0 Å². The Morgan fingerprint density at radius 2 is 2.00 bits per heavy atom. The first kappa shape index (κ1) is 21.4. The van der Waals surface area contributed by atoms with Crippen molar-refractivity contribution in [3.63, 3.8) is 0 Å². The van der Waals surface area contributed by atoms with Crippen LogP contribution in [-0.2, 0) is 24.8 Å². The van der Waals surface area contributed by atoms with Crippen molar-refractivity contribution in [3.05, 3.63) is 41.1 Å². The molecule has 0 unspecified atom stereocenters. The van der Waals surface area contributed by atoms with Gasteiger partial charge in [-0.1, -0.05) is 0 Å². The Kier molecular flexibility index (Phi) is 8.13. The van der Waals surface area contributed by atoms with Gasteiger partial charge in [-0.3, -0.25) is 9.58 Å². The van der Waals surface area contributed by atoms with Crippen molar-refractivity contribution in [1.82, 2.24) is 25.3 Å². The topological polar surface area (TPSA) is 79.9 Å². The molecule has 0 radical (unpaired) electrons. The molecule has 3 rings (SSSR count). The van der Waals surface area contributed by atoms with Crippen molar-refractivity contribution in [2.75, 3.05) is 45.9 Å². The van der Waals surface area contributed by atoms with Gasteiger partial charge in [0.15, 0.2) is 5.96 Å². The third-order valence-corrected chi connectivity index (χ3v) is 5.35. The number of nitrogens with zero attached hydrogens (tertiary/aromatic N) is 4. The second-order valence-corrected chi connectivity index (χ2v) is 7.43. The van der Waals surface area contributed by atoms with Crippen LogP contribution in [0.25, 0.3) is 0 Å². The first-order valence-corrected chi connectivity index (χ1v) is 10.5. The number of nitrogens with one attached hydrogen (secondary N) is 2. The highest BCUT2D eigenvalue weighted by Gasteiger charge is 2.11. The lowest BCUT2D eigenvalue weighted by Gasteiger charge is -2.26. The van der Waals surface area contributed by atoms with Crippen LogP contribution in [-0.4, -0.2) is 66.6 Å². The molecule has 0 spiro atoms. The van der Waals surface area contributed by atoms with Gasteiger partial charge in [0.1, 0.15) is 5.76 Å². The Morgan fingerprint density at radius 1 is 1.21 bits per heavy atom. The predicted octanol–water partition coefficient (Wildman–Crippen LogP) is 1.63. The van der Waals surface area contributed by atoms with Gasteiger partial charge in [0, 0.05) is 50.9 Å². The average molecular weight is 403 g/mol. The van der Waals surface area contributed by atoms with Crippen LogP contribution in [0.1, 0.15) is 29.1 Å². The minimum Gasteiger partial charge on any atom is -0.469 e. The van der Waals surface area contributed by atoms with Crippen LogP contribution in [0.4, 0.5) is 0 Å². The van der Waals surface area contributed by atoms with E-state index in [1.54, 1.807) is 6.26 Å². The first-order valence-electron chi connectivity index (χ1n) is 10.5. The molecule has 1 fully saturated rings. The Labute approximate surface area is 173 Å². The minimum atomic E-state index is 0.616. The summed E-state index contributed by atoms with van der Waals surface area (Å²) in [5.41, 5.74) is 3.39. The van der Waals surface area contributed by atoms with Gasteiger partial charge < -0.3 is 19.8 Å². The van der Waals surface area contributed by atoms with Crippen LogP contribution in [0.15, 0.2) is 27.8 Å². The molecule has 1 aliphatic rings. The fraction of sp³-hybridized carbons (Fsp3) is 0.619. The molecule has 2 aromatic heterocycles. The molecule has 2 aromatic rings. The molecule has 8 nitrogen and oxygen atoms in total. The number of hydrogen-bond donors (Lipinski definition) is 2. The van der Waals surface area contributed by atoms with Gasteiger partial charge in [-0.05, 0) is 38.9 Å². The molecule has 0 aromatic carbocycles. The molecule has 160 valence electrons. The van der Waals surface area contributed by atoms with Gasteiger partial charge >= 0.3 is 0 Å². The smallest absolute Gasteiger partial charge is 0.191 e. The molecule has 0 aliphatic carbocycles. The van der Waals surface area contributed by atoms with Crippen molar-refractivity contribution in [2.45, 2.75) is 33.2 Å². The van der Waals surface area contributed by atoms with E-state index in [2.05, 4.69) is 27.6 Å². The highest BCUT2D eigenvalue weighted by atomic mass is 16.5. The van der Waals surface area contributed by atoms with Crippen LogP contribution < -0.4 is 10.6 Å². The van der Waals surface area contributed by atoms with E-state index >= 15 is 0 Å². The summed E-state index contributed by atoms with van der Waals surface area (Å²) in [5, 5.41) is 11.4. The molecule has 0 atom stereocenters. The standard InChI is InChI=1S/C21H34N6O2/c1-17-20(18(2)26(3)25-17)16-24-21(23-9-7-19-6-4-13-29-19)22-8-5-10-27-11-14-28-15-12-27/h4,6,13H,5,7-12,14-16H2,1-3H3,(H2,22,23,24). The maximum atomic E-state index is 5.42. The summed E-state index contributed by atoms with van der Waals surface area (Å²) in [5.74, 6) is 1.81. The van der Waals surface area contributed by atoms with E-state index in [1.165, 1.54) is 5.56 Å². The SMILES string of the molecule is Cc1nn(C)c(C)c1CN=C(NCCCN1CCOCC1)NCCc1ccco1. The molecule has 1 saturated heterocycles. The number of morpholine rings is 1. The summed E-state index contributed by atoms with van der Waals surface area (Å²) in [6.45, 7) is 11.2. The molecule has 8 heteroatoms. The molecule has 1 aliphatic heterocycles. The molecule has 0 amide bonds. The van der Waals surface area contributed by atoms with Gasteiger partial charge in [-0.25, -0.2) is 4.99 Å². The summed E-state index contributed by atoms with van der Waals surface area (Å²) in [6.07, 6.45) is 3.61. The molecule has 29 heavy (non-hydrogen) atoms. The zero-order valence-corrected chi connectivity index (χ0v) is 17.9. The number of hydrogen-bond acceptors (Lipinski definition) is 5. The summed E-state index contributed by atoms with van der Waals surface area (Å²) < 4.78 is 12.7. The second-order valence-electron chi connectivity index (χ2n) is 7.43. The second kappa shape index (κ2) is 11.0. The first-order chi connectivity index (χ1) is 14.1. The maximum absolute atomic E-state index is 5.42. The number of aliphatic imine (C=N–C) groups is 1. The summed E-state index contributed by atoms with van der Waals surface area (Å²) >= 11 is 0. The third-order valence-electron chi connectivity index (χ3n) is 5.35. The van der Waals surface area contributed by atoms with E-state index in [1.807, 2.05) is 30.8 Å². The van der Waals surface area contributed by atoms with E-state index in [0.29, 0.717) is 6.54 Å². The number of aryl methyl sites for hydroxylation is 2. The minimum absolute atomic E-state index is 0.616. The zero-order chi connectivity index (χ0) is 20.5. The molecule has 0 bridgehead atoms. The lowest BCUT2D eigenvalue weighted by Crippen LogP contribution is -2.41. The fourth-order valence-electron chi connectivity index (χ4n) is 3.47. The fourth-order valence-corrected chi connectivity index (χ4v) is 3.47. The molecular formula is C21H34N6O2.